The minimum absolute atomic E-state index is 0.607. The normalized spacial score (nSPS) is 15.2. The fraction of sp³-hybridized carbons (Fsp3) is 0.625. The van der Waals surface area contributed by atoms with Gasteiger partial charge in [-0.2, -0.15) is 0 Å². The monoisotopic (exact) mass is 228 g/mol. The summed E-state index contributed by atoms with van der Waals surface area (Å²) in [5, 5.41) is 11.0. The minimum Gasteiger partial charge on any atom is -0.360 e. The van der Waals surface area contributed by atoms with Crippen molar-refractivity contribution in [2.24, 2.45) is 0 Å². The zero-order valence-corrected chi connectivity index (χ0v) is 9.54. The van der Waals surface area contributed by atoms with E-state index in [0.717, 1.165) is 22.2 Å². The molecule has 0 saturated heterocycles. The molecule has 1 aromatic heterocycles. The largest absolute Gasteiger partial charge is 0.360 e. The molecule has 1 aromatic rings. The number of nitrogens with one attached hydrogen (secondary N) is 2. The molecule has 0 radical (unpaired) electrons. The Morgan fingerprint density at radius 3 is 3.00 bits per heavy atom. The molecule has 0 spiro atoms. The molecular weight excluding hydrogens is 216 g/mol. The second-order valence-corrected chi connectivity index (χ2v) is 4.63. The molecule has 1 aliphatic rings. The highest BCUT2D eigenvalue weighted by Crippen LogP contribution is 2.18. The third kappa shape index (κ3) is 2.62. The molecule has 0 aliphatic heterocycles. The van der Waals surface area contributed by atoms with Crippen LogP contribution in [-0.2, 0) is 6.54 Å². The fourth-order valence-electron chi connectivity index (χ4n) is 1.04. The first-order chi connectivity index (χ1) is 6.75. The third-order valence-electron chi connectivity index (χ3n) is 2.07. The number of rotatable bonds is 3. The molecule has 4 nitrogen and oxygen atoms in total. The van der Waals surface area contributed by atoms with Gasteiger partial charge in [-0.1, -0.05) is 4.49 Å². The molecule has 76 valence electrons. The van der Waals surface area contributed by atoms with Gasteiger partial charge in [0, 0.05) is 6.04 Å². The van der Waals surface area contributed by atoms with Crippen LogP contribution in [0.3, 0.4) is 0 Å². The van der Waals surface area contributed by atoms with Crippen molar-refractivity contribution in [3.8, 4) is 0 Å². The van der Waals surface area contributed by atoms with Crippen molar-refractivity contribution in [1.82, 2.24) is 20.2 Å². The Balaban J connectivity index is 1.76. The second-order valence-electron chi connectivity index (χ2n) is 3.38. The summed E-state index contributed by atoms with van der Waals surface area (Å²) in [4.78, 5) is 1.14. The van der Waals surface area contributed by atoms with Gasteiger partial charge in [0.1, 0.15) is 0 Å². The molecular formula is C8H12N4S2. The molecule has 1 fully saturated rings. The number of thiocarbonyl (C=S) groups is 1. The summed E-state index contributed by atoms with van der Waals surface area (Å²) in [5.74, 6) is 0. The van der Waals surface area contributed by atoms with Crippen LogP contribution in [0.25, 0.3) is 0 Å². The lowest BCUT2D eigenvalue weighted by molar-refractivity contribution is 0.831. The maximum Gasteiger partial charge on any atom is 0.166 e. The van der Waals surface area contributed by atoms with Crippen molar-refractivity contribution in [2.45, 2.75) is 32.4 Å². The molecule has 1 saturated carbocycles. The standard InChI is InChI=1S/C8H12N4S2/c1-5-7(14-12-11-5)4-9-8(13)10-6-2-3-6/h6H,2-4H2,1H3,(H2,9,10,13). The van der Waals surface area contributed by atoms with Crippen molar-refractivity contribution < 1.29 is 0 Å². The molecule has 0 bridgehead atoms. The van der Waals surface area contributed by atoms with E-state index in [1.807, 2.05) is 6.92 Å². The molecule has 0 unspecified atom stereocenters. The van der Waals surface area contributed by atoms with E-state index in [-0.39, 0.29) is 0 Å². The minimum atomic E-state index is 0.607. The van der Waals surface area contributed by atoms with E-state index in [4.69, 9.17) is 12.2 Å². The van der Waals surface area contributed by atoms with Gasteiger partial charge in [0.05, 0.1) is 17.1 Å². The molecule has 6 heteroatoms. The quantitative estimate of drug-likeness (QED) is 0.755. The first-order valence-electron chi connectivity index (χ1n) is 4.58. The zero-order chi connectivity index (χ0) is 9.97. The van der Waals surface area contributed by atoms with E-state index >= 15 is 0 Å². The smallest absolute Gasteiger partial charge is 0.166 e. The van der Waals surface area contributed by atoms with Gasteiger partial charge in [0.15, 0.2) is 5.11 Å². The van der Waals surface area contributed by atoms with Crippen LogP contribution in [0.4, 0.5) is 0 Å². The summed E-state index contributed by atoms with van der Waals surface area (Å²) < 4.78 is 3.86. The summed E-state index contributed by atoms with van der Waals surface area (Å²) in [6, 6.07) is 0.607. The van der Waals surface area contributed by atoms with E-state index < -0.39 is 0 Å². The van der Waals surface area contributed by atoms with Gasteiger partial charge in [-0.15, -0.1) is 5.10 Å². The Kier molecular flexibility index (Phi) is 2.93. The zero-order valence-electron chi connectivity index (χ0n) is 7.91. The maximum absolute atomic E-state index is 5.13. The highest BCUT2D eigenvalue weighted by Gasteiger charge is 2.21. The van der Waals surface area contributed by atoms with E-state index in [9.17, 15) is 0 Å². The summed E-state index contributed by atoms with van der Waals surface area (Å²) in [7, 11) is 0. The summed E-state index contributed by atoms with van der Waals surface area (Å²) in [5.41, 5.74) is 0.983. The maximum atomic E-state index is 5.13. The molecule has 0 aromatic carbocycles. The van der Waals surface area contributed by atoms with E-state index in [2.05, 4.69) is 20.2 Å². The van der Waals surface area contributed by atoms with E-state index in [1.165, 1.54) is 24.4 Å². The average Bonchev–Trinajstić information content (AvgIpc) is 2.86. The average molecular weight is 228 g/mol. The predicted molar refractivity (Wildman–Crippen MR) is 60.2 cm³/mol. The van der Waals surface area contributed by atoms with Gasteiger partial charge in [0.2, 0.25) is 0 Å². The first-order valence-corrected chi connectivity index (χ1v) is 5.76. The summed E-state index contributed by atoms with van der Waals surface area (Å²) in [6.45, 7) is 2.68. The molecule has 2 rings (SSSR count). The Bertz CT molecular complexity index is 332. The molecule has 14 heavy (non-hydrogen) atoms. The lowest BCUT2D eigenvalue weighted by atomic mass is 10.4. The Hall–Kier alpha value is -0.750. The molecule has 0 amide bonds. The number of aryl methyl sites for hydroxylation is 1. The SMILES string of the molecule is Cc1nnsc1CNC(=S)NC1CC1. The molecule has 1 heterocycles. The van der Waals surface area contributed by atoms with Crippen LogP contribution in [-0.4, -0.2) is 20.7 Å². The Labute approximate surface area is 92.3 Å². The van der Waals surface area contributed by atoms with Crippen LogP contribution in [0.15, 0.2) is 0 Å². The van der Waals surface area contributed by atoms with Gasteiger partial charge < -0.3 is 10.6 Å². The van der Waals surface area contributed by atoms with Crippen LogP contribution in [0, 0.1) is 6.92 Å². The lowest BCUT2D eigenvalue weighted by Crippen LogP contribution is -2.35. The van der Waals surface area contributed by atoms with Gasteiger partial charge in [-0.05, 0) is 43.5 Å². The fourth-order valence-corrected chi connectivity index (χ4v) is 1.85. The van der Waals surface area contributed by atoms with Crippen LogP contribution in [0.5, 0.6) is 0 Å². The van der Waals surface area contributed by atoms with Gasteiger partial charge in [-0.3, -0.25) is 0 Å². The van der Waals surface area contributed by atoms with Crippen LogP contribution in [0.2, 0.25) is 0 Å². The van der Waals surface area contributed by atoms with Crippen molar-refractivity contribution >= 4 is 28.9 Å². The Morgan fingerprint density at radius 2 is 2.43 bits per heavy atom. The summed E-state index contributed by atoms with van der Waals surface area (Å²) >= 11 is 6.54. The summed E-state index contributed by atoms with van der Waals surface area (Å²) in [6.07, 6.45) is 2.48. The number of aromatic nitrogens is 2. The van der Waals surface area contributed by atoms with Crippen molar-refractivity contribution in [3.05, 3.63) is 10.6 Å². The van der Waals surface area contributed by atoms with Crippen molar-refractivity contribution in [1.29, 1.82) is 0 Å². The van der Waals surface area contributed by atoms with Crippen LogP contribution in [0.1, 0.15) is 23.4 Å². The number of hydrogen-bond donors (Lipinski definition) is 2. The van der Waals surface area contributed by atoms with E-state index in [0.29, 0.717) is 6.04 Å². The predicted octanol–water partition coefficient (Wildman–Crippen LogP) is 0.973. The molecule has 2 N–H and O–H groups in total. The highest BCUT2D eigenvalue weighted by atomic mass is 32.1. The third-order valence-corrected chi connectivity index (χ3v) is 3.15. The van der Waals surface area contributed by atoms with Crippen LogP contribution >= 0.6 is 23.8 Å². The number of hydrogen-bond acceptors (Lipinski definition) is 4. The lowest BCUT2D eigenvalue weighted by Gasteiger charge is -2.07. The molecule has 1 aliphatic carbocycles. The van der Waals surface area contributed by atoms with Gasteiger partial charge >= 0.3 is 0 Å². The van der Waals surface area contributed by atoms with Crippen molar-refractivity contribution in [2.75, 3.05) is 0 Å². The molecule has 0 atom stereocenters. The topological polar surface area (TPSA) is 49.8 Å². The number of nitrogens with zero attached hydrogens (tertiary/aromatic N) is 2. The van der Waals surface area contributed by atoms with Gasteiger partial charge in [0.25, 0.3) is 0 Å². The van der Waals surface area contributed by atoms with Crippen LogP contribution < -0.4 is 10.6 Å². The highest BCUT2D eigenvalue weighted by molar-refractivity contribution is 7.80. The van der Waals surface area contributed by atoms with Gasteiger partial charge in [-0.25, -0.2) is 0 Å². The first kappa shape index (κ1) is 9.79. The Morgan fingerprint density at radius 1 is 1.64 bits per heavy atom. The van der Waals surface area contributed by atoms with E-state index in [1.54, 1.807) is 0 Å². The second kappa shape index (κ2) is 4.18. The van der Waals surface area contributed by atoms with Crippen molar-refractivity contribution in [3.63, 3.8) is 0 Å².